The molecule has 0 N–H and O–H groups in total. The molecule has 1 aromatic carbocycles. The molecule has 1 aromatic rings. The van der Waals surface area contributed by atoms with Crippen LogP contribution in [0.3, 0.4) is 0 Å². The summed E-state index contributed by atoms with van der Waals surface area (Å²) in [5, 5.41) is 0. The second kappa shape index (κ2) is 6.35. The summed E-state index contributed by atoms with van der Waals surface area (Å²) in [7, 11) is 0.593. The van der Waals surface area contributed by atoms with Crippen molar-refractivity contribution in [3.8, 4) is 0 Å². The largest absolute Gasteiger partial charge is 0.494 e. The number of benzene rings is 1. The highest BCUT2D eigenvalue weighted by atomic mass is 19.1. The molecule has 0 bridgehead atoms. The molecule has 0 spiro atoms. The van der Waals surface area contributed by atoms with Crippen LogP contribution in [0, 0.1) is 11.7 Å². The summed E-state index contributed by atoms with van der Waals surface area (Å²) in [4.78, 5) is 25.1. The maximum atomic E-state index is 14.7. The van der Waals surface area contributed by atoms with Crippen molar-refractivity contribution in [2.24, 2.45) is 5.92 Å². The monoisotopic (exact) mass is 363 g/mol. The van der Waals surface area contributed by atoms with Gasteiger partial charge < -0.3 is 18.9 Å². The number of anilines is 1. The van der Waals surface area contributed by atoms with Crippen LogP contribution in [0.5, 0.6) is 0 Å². The van der Waals surface area contributed by atoms with Gasteiger partial charge in [-0.2, -0.15) is 0 Å². The number of carbonyl (C=O) groups is 2. The minimum Gasteiger partial charge on any atom is -0.469 e. The van der Waals surface area contributed by atoms with Crippen molar-refractivity contribution in [3.05, 3.63) is 24.0 Å². The molecule has 2 aliphatic rings. The number of rotatable bonds is 3. The van der Waals surface area contributed by atoms with Crippen molar-refractivity contribution in [3.63, 3.8) is 0 Å². The number of methoxy groups -OCH3 is 1. The Kier molecular flexibility index (Phi) is 4.61. The van der Waals surface area contributed by atoms with Gasteiger partial charge in [-0.1, -0.05) is 6.07 Å². The van der Waals surface area contributed by atoms with Crippen molar-refractivity contribution in [1.82, 2.24) is 0 Å². The maximum Gasteiger partial charge on any atom is 0.494 e. The first kappa shape index (κ1) is 18.9. The van der Waals surface area contributed by atoms with Gasteiger partial charge in [-0.25, -0.2) is 4.39 Å². The Labute approximate surface area is 152 Å². The first-order valence-corrected chi connectivity index (χ1v) is 8.59. The van der Waals surface area contributed by atoms with E-state index in [1.807, 2.05) is 27.7 Å². The van der Waals surface area contributed by atoms with Crippen LogP contribution in [0.4, 0.5) is 10.1 Å². The Morgan fingerprint density at radius 2 is 1.88 bits per heavy atom. The molecule has 26 heavy (non-hydrogen) atoms. The van der Waals surface area contributed by atoms with Crippen LogP contribution < -0.4 is 10.4 Å². The standard InChI is InChI=1S/C18H23BFNO5/c1-17(2)18(3,4)26-19(25-17)12-6-7-14(13(20)9-12)21-10-11(8-15(21)22)16(23)24-5/h6-7,9,11H,8,10H2,1-5H3. The molecular weight excluding hydrogens is 340 g/mol. The van der Waals surface area contributed by atoms with Gasteiger partial charge in [-0.05, 0) is 45.3 Å². The van der Waals surface area contributed by atoms with E-state index in [0.717, 1.165) is 0 Å². The van der Waals surface area contributed by atoms with Gasteiger partial charge >= 0.3 is 13.1 Å². The van der Waals surface area contributed by atoms with Crippen molar-refractivity contribution in [2.75, 3.05) is 18.6 Å². The molecule has 0 aliphatic carbocycles. The van der Waals surface area contributed by atoms with E-state index in [2.05, 4.69) is 4.74 Å². The lowest BCUT2D eigenvalue weighted by molar-refractivity contribution is -0.145. The topological polar surface area (TPSA) is 65.1 Å². The molecular formula is C18H23BFNO5. The predicted octanol–water partition coefficient (Wildman–Crippen LogP) is 1.65. The van der Waals surface area contributed by atoms with Crippen LogP contribution >= 0.6 is 0 Å². The van der Waals surface area contributed by atoms with E-state index in [1.54, 1.807) is 6.07 Å². The quantitative estimate of drug-likeness (QED) is 0.604. The molecule has 8 heteroatoms. The van der Waals surface area contributed by atoms with Crippen LogP contribution in [0.2, 0.25) is 0 Å². The third-order valence-corrected chi connectivity index (χ3v) is 5.45. The van der Waals surface area contributed by atoms with Crippen molar-refractivity contribution >= 4 is 30.1 Å². The summed E-state index contributed by atoms with van der Waals surface area (Å²) in [6.07, 6.45) is 0.0189. The molecule has 1 atom stereocenters. The summed E-state index contributed by atoms with van der Waals surface area (Å²) in [5.74, 6) is -1.90. The first-order chi connectivity index (χ1) is 12.1. The molecule has 6 nitrogen and oxygen atoms in total. The van der Waals surface area contributed by atoms with Crippen molar-refractivity contribution in [2.45, 2.75) is 45.3 Å². The van der Waals surface area contributed by atoms with Crippen LogP contribution in [-0.2, 0) is 23.6 Å². The smallest absolute Gasteiger partial charge is 0.469 e. The molecule has 0 saturated carbocycles. The number of amides is 1. The van der Waals surface area contributed by atoms with E-state index in [1.165, 1.54) is 24.1 Å². The summed E-state index contributed by atoms with van der Waals surface area (Å²) in [6.45, 7) is 7.81. The average Bonchev–Trinajstić information content (AvgIpc) is 3.03. The zero-order chi connectivity index (χ0) is 19.3. The lowest BCUT2D eigenvalue weighted by Crippen LogP contribution is -2.41. The van der Waals surface area contributed by atoms with Gasteiger partial charge in [0.15, 0.2) is 0 Å². The highest BCUT2D eigenvalue weighted by Crippen LogP contribution is 2.37. The molecule has 0 aromatic heterocycles. The highest BCUT2D eigenvalue weighted by molar-refractivity contribution is 6.62. The number of ether oxygens (including phenoxy) is 1. The third-order valence-electron chi connectivity index (χ3n) is 5.45. The summed E-state index contributed by atoms with van der Waals surface area (Å²) in [6, 6.07) is 4.52. The van der Waals surface area contributed by atoms with Crippen LogP contribution in [-0.4, -0.2) is 43.9 Å². The maximum absolute atomic E-state index is 14.7. The Bertz CT molecular complexity index is 735. The summed E-state index contributed by atoms with van der Waals surface area (Å²) in [5.41, 5.74) is -0.362. The van der Waals surface area contributed by atoms with Gasteiger partial charge in [0.1, 0.15) is 5.82 Å². The van der Waals surface area contributed by atoms with Gasteiger partial charge in [0.2, 0.25) is 5.91 Å². The molecule has 0 radical (unpaired) electrons. The first-order valence-electron chi connectivity index (χ1n) is 8.59. The lowest BCUT2D eigenvalue weighted by Gasteiger charge is -2.32. The fourth-order valence-electron chi connectivity index (χ4n) is 3.13. The summed E-state index contributed by atoms with van der Waals surface area (Å²) < 4.78 is 31.2. The molecule has 3 rings (SSSR count). The molecule has 1 amide bonds. The average molecular weight is 363 g/mol. The lowest BCUT2D eigenvalue weighted by atomic mass is 9.79. The van der Waals surface area contributed by atoms with E-state index >= 15 is 0 Å². The van der Waals surface area contributed by atoms with E-state index in [-0.39, 0.29) is 24.6 Å². The molecule has 140 valence electrons. The van der Waals surface area contributed by atoms with E-state index in [9.17, 15) is 14.0 Å². The zero-order valence-electron chi connectivity index (χ0n) is 15.7. The number of carbonyl (C=O) groups excluding carboxylic acids is 2. The Hall–Kier alpha value is -1.93. The highest BCUT2D eigenvalue weighted by Gasteiger charge is 2.51. The Morgan fingerprint density at radius 1 is 1.27 bits per heavy atom. The number of halogens is 1. The zero-order valence-corrected chi connectivity index (χ0v) is 15.7. The summed E-state index contributed by atoms with van der Waals surface area (Å²) >= 11 is 0. The number of esters is 1. The minimum atomic E-state index is -0.680. The van der Waals surface area contributed by atoms with Gasteiger partial charge in [-0.3, -0.25) is 9.59 Å². The normalized spacial score (nSPS) is 24.2. The van der Waals surface area contributed by atoms with Gasteiger partial charge in [-0.15, -0.1) is 0 Å². The number of nitrogens with zero attached hydrogens (tertiary/aromatic N) is 1. The van der Waals surface area contributed by atoms with Crippen molar-refractivity contribution < 1.29 is 28.0 Å². The molecule has 2 heterocycles. The molecule has 2 saturated heterocycles. The fraction of sp³-hybridized carbons (Fsp3) is 0.556. The van der Waals surface area contributed by atoms with Crippen LogP contribution in [0.15, 0.2) is 18.2 Å². The molecule has 2 aliphatic heterocycles. The molecule has 1 unspecified atom stereocenters. The van der Waals surface area contributed by atoms with Gasteiger partial charge in [0.25, 0.3) is 0 Å². The van der Waals surface area contributed by atoms with E-state index in [4.69, 9.17) is 9.31 Å². The van der Waals surface area contributed by atoms with Crippen molar-refractivity contribution in [1.29, 1.82) is 0 Å². The SMILES string of the molecule is COC(=O)C1CC(=O)N(c2ccc(B3OC(C)(C)C(C)(C)O3)cc2F)C1. The fourth-order valence-corrected chi connectivity index (χ4v) is 3.13. The second-order valence-corrected chi connectivity index (χ2v) is 7.73. The molecule has 2 fully saturated rings. The number of hydrogen-bond acceptors (Lipinski definition) is 5. The van der Waals surface area contributed by atoms with Gasteiger partial charge in [0.05, 0.1) is 29.9 Å². The number of hydrogen-bond donors (Lipinski definition) is 0. The van der Waals surface area contributed by atoms with E-state index in [0.29, 0.717) is 5.46 Å². The van der Waals surface area contributed by atoms with Crippen LogP contribution in [0.25, 0.3) is 0 Å². The Balaban J connectivity index is 1.81. The third kappa shape index (κ3) is 3.12. The Morgan fingerprint density at radius 3 is 2.42 bits per heavy atom. The predicted molar refractivity (Wildman–Crippen MR) is 94.6 cm³/mol. The van der Waals surface area contributed by atoms with Gasteiger partial charge in [0, 0.05) is 13.0 Å². The second-order valence-electron chi connectivity index (χ2n) is 7.73. The van der Waals surface area contributed by atoms with E-state index < -0.39 is 36.0 Å². The minimum absolute atomic E-state index is 0.0189. The van der Waals surface area contributed by atoms with Crippen LogP contribution in [0.1, 0.15) is 34.1 Å².